The number of hydrogen-bond acceptors (Lipinski definition) is 1. The number of aromatic nitrogens is 5. The summed E-state index contributed by atoms with van der Waals surface area (Å²) in [4.78, 5) is 5.96. The lowest BCUT2D eigenvalue weighted by atomic mass is 9.94. The van der Waals surface area contributed by atoms with Crippen LogP contribution in [0.4, 0.5) is 0 Å². The first-order valence-electron chi connectivity index (χ1n) is 27.0. The van der Waals surface area contributed by atoms with E-state index in [1.807, 2.05) is 0 Å². The predicted octanol–water partition coefficient (Wildman–Crippen LogP) is 19.2. The molecule has 0 spiro atoms. The summed E-state index contributed by atoms with van der Waals surface area (Å²) in [7, 11) is 0. The summed E-state index contributed by atoms with van der Waals surface area (Å²) in [5.74, 6) is 0. The number of fused-ring (bicyclic) bond motifs is 22. The van der Waals surface area contributed by atoms with Crippen molar-refractivity contribution in [1.29, 1.82) is 0 Å². The van der Waals surface area contributed by atoms with Gasteiger partial charge in [-0.1, -0.05) is 170 Å². The van der Waals surface area contributed by atoms with Crippen LogP contribution in [0.3, 0.4) is 0 Å². The minimum atomic E-state index is 0.978. The molecule has 0 N–H and O–H groups in total. The maximum absolute atomic E-state index is 5.96. The van der Waals surface area contributed by atoms with Crippen molar-refractivity contribution in [2.75, 3.05) is 0 Å². The van der Waals surface area contributed by atoms with E-state index in [-0.39, 0.29) is 0 Å². The van der Waals surface area contributed by atoms with E-state index in [0.29, 0.717) is 0 Å². The van der Waals surface area contributed by atoms with Crippen LogP contribution in [0.25, 0.3) is 175 Å². The second kappa shape index (κ2) is 14.7. The highest BCUT2D eigenvalue weighted by Crippen LogP contribution is 2.50. The van der Waals surface area contributed by atoms with Crippen molar-refractivity contribution in [2.24, 2.45) is 0 Å². The lowest BCUT2D eigenvalue weighted by Crippen LogP contribution is -1.93. The van der Waals surface area contributed by atoms with Gasteiger partial charge in [-0.05, 0) is 112 Å². The van der Waals surface area contributed by atoms with Gasteiger partial charge in [-0.25, -0.2) is 4.98 Å². The summed E-state index contributed by atoms with van der Waals surface area (Å²) in [5.41, 5.74) is 19.8. The molecule has 19 rings (SSSR count). The number of benzene rings is 12. The van der Waals surface area contributed by atoms with Crippen molar-refractivity contribution in [2.45, 2.75) is 0 Å². The molecular weight excluding hydrogens is 947 g/mol. The van der Waals surface area contributed by atoms with Gasteiger partial charge in [-0.15, -0.1) is 0 Å². The molecule has 0 saturated heterocycles. The molecular formula is C73H41N5. The lowest BCUT2D eigenvalue weighted by Gasteiger charge is -2.12. The molecule has 0 aliphatic heterocycles. The van der Waals surface area contributed by atoms with E-state index in [1.54, 1.807) is 0 Å². The molecule has 0 radical (unpaired) electrons. The van der Waals surface area contributed by atoms with E-state index in [0.717, 1.165) is 38.8 Å². The Hall–Kier alpha value is -10.5. The fraction of sp³-hybridized carbons (Fsp3) is 0. The van der Waals surface area contributed by atoms with E-state index < -0.39 is 0 Å². The van der Waals surface area contributed by atoms with Gasteiger partial charge in [0.05, 0.1) is 55.2 Å². The molecule has 5 nitrogen and oxygen atoms in total. The van der Waals surface area contributed by atoms with Gasteiger partial charge in [0.15, 0.2) is 0 Å². The largest absolute Gasteiger partial charge is 0.309 e. The summed E-state index contributed by atoms with van der Waals surface area (Å²) in [6, 6.07) is 92.3. The first-order chi connectivity index (χ1) is 38.7. The van der Waals surface area contributed by atoms with Crippen LogP contribution >= 0.6 is 0 Å². The Balaban J connectivity index is 0.920. The SMILES string of the molecule is c1ccc(-n2c3ccccc3c3cc(-c4cc5ccccc5c5c6cccc7c8nc9c(cc8n(c45)c76)c4cccc5c6c7ccccc7cc(-c7ccc8c(c7)c7ccccc7n8-c7ccccc7)c6n9c45)ccc32)cc1. The topological polar surface area (TPSA) is 31.6 Å². The van der Waals surface area contributed by atoms with Crippen LogP contribution in [0.1, 0.15) is 0 Å². The Labute approximate surface area is 444 Å². The van der Waals surface area contributed by atoms with Crippen LogP contribution in [0.2, 0.25) is 0 Å². The predicted molar refractivity (Wildman–Crippen MR) is 328 cm³/mol. The highest BCUT2D eigenvalue weighted by atomic mass is 15.0. The zero-order valence-electron chi connectivity index (χ0n) is 41.9. The monoisotopic (exact) mass is 987 g/mol. The van der Waals surface area contributed by atoms with Crippen LogP contribution < -0.4 is 0 Å². The summed E-state index contributed by atoms with van der Waals surface area (Å²) >= 11 is 0. The Morgan fingerprint density at radius 2 is 0.692 bits per heavy atom. The molecule has 7 aromatic heterocycles. The normalized spacial score (nSPS) is 12.6. The molecule has 0 fully saturated rings. The second-order valence-electron chi connectivity index (χ2n) is 21.4. The Kier molecular flexibility index (Phi) is 7.68. The first kappa shape index (κ1) is 40.8. The van der Waals surface area contributed by atoms with Crippen molar-refractivity contribution in [3.8, 4) is 33.6 Å². The van der Waals surface area contributed by atoms with Crippen molar-refractivity contribution < 1.29 is 0 Å². The molecule has 0 aliphatic rings. The standard InChI is InChI=1S/C73H41N5/c1-3-19-46(20-4-1)75-61-31-13-11-25-50(61)58-39-44(33-35-63(58)75)56-37-42-17-7-9-23-48(42)66-54-29-16-30-55-68-65(77(70(54)55)71(56)66)41-60-52-27-15-28-53-67-49-24-10-8-18-43(49)38-57(72(67)78(69(52)53)73(60)74-68)45-34-36-64-59(40-45)51-26-12-14-32-62(51)76(64)47-21-5-2-6-22-47/h1-41H. The minimum absolute atomic E-state index is 0.978. The highest BCUT2D eigenvalue weighted by Gasteiger charge is 2.28. The molecule has 78 heavy (non-hydrogen) atoms. The van der Waals surface area contributed by atoms with Crippen molar-refractivity contribution in [3.05, 3.63) is 249 Å². The summed E-state index contributed by atoms with van der Waals surface area (Å²) < 4.78 is 9.88. The zero-order valence-corrected chi connectivity index (χ0v) is 41.9. The third-order valence-corrected chi connectivity index (χ3v) is 17.5. The summed E-state index contributed by atoms with van der Waals surface area (Å²) in [5, 5.41) is 18.4. The van der Waals surface area contributed by atoms with Crippen molar-refractivity contribution in [1.82, 2.24) is 22.9 Å². The van der Waals surface area contributed by atoms with E-state index in [9.17, 15) is 0 Å². The minimum Gasteiger partial charge on any atom is -0.309 e. The number of pyridine rings is 1. The Bertz CT molecular complexity index is 5430. The van der Waals surface area contributed by atoms with Gasteiger partial charge >= 0.3 is 0 Å². The second-order valence-corrected chi connectivity index (χ2v) is 21.4. The van der Waals surface area contributed by atoms with Gasteiger partial charge in [0.2, 0.25) is 0 Å². The van der Waals surface area contributed by atoms with Gasteiger partial charge in [0.1, 0.15) is 5.65 Å². The molecule has 19 aromatic rings. The molecule has 5 heteroatoms. The molecule has 7 heterocycles. The third-order valence-electron chi connectivity index (χ3n) is 17.5. The molecule has 12 aromatic carbocycles. The van der Waals surface area contributed by atoms with Gasteiger partial charge in [0, 0.05) is 81.8 Å². The van der Waals surface area contributed by atoms with E-state index in [4.69, 9.17) is 4.98 Å². The van der Waals surface area contributed by atoms with Gasteiger partial charge in [-0.3, -0.25) is 4.40 Å². The molecule has 0 atom stereocenters. The number of rotatable bonds is 4. The van der Waals surface area contributed by atoms with Crippen LogP contribution in [0.5, 0.6) is 0 Å². The number of nitrogens with zero attached hydrogens (tertiary/aromatic N) is 5. The quantitative estimate of drug-likeness (QED) is 0.173. The maximum Gasteiger partial charge on any atom is 0.146 e. The summed E-state index contributed by atoms with van der Waals surface area (Å²) in [6.07, 6.45) is 0. The first-order valence-corrected chi connectivity index (χ1v) is 27.0. The van der Waals surface area contributed by atoms with Crippen LogP contribution in [-0.4, -0.2) is 22.9 Å². The summed E-state index contributed by atoms with van der Waals surface area (Å²) in [6.45, 7) is 0. The Morgan fingerprint density at radius 3 is 1.26 bits per heavy atom. The fourth-order valence-electron chi connectivity index (χ4n) is 14.4. The van der Waals surface area contributed by atoms with E-state index >= 15 is 0 Å². The molecule has 0 bridgehead atoms. The maximum atomic E-state index is 5.96. The molecule has 0 amide bonds. The third kappa shape index (κ3) is 5.09. The van der Waals surface area contributed by atoms with Gasteiger partial charge in [0.25, 0.3) is 0 Å². The van der Waals surface area contributed by atoms with Crippen LogP contribution in [-0.2, 0) is 0 Å². The van der Waals surface area contributed by atoms with Gasteiger partial charge < -0.3 is 13.5 Å². The van der Waals surface area contributed by atoms with Crippen LogP contribution in [0.15, 0.2) is 249 Å². The average molecular weight is 988 g/mol. The van der Waals surface area contributed by atoms with E-state index in [1.165, 1.54) is 136 Å². The lowest BCUT2D eigenvalue weighted by molar-refractivity contribution is 1.18. The van der Waals surface area contributed by atoms with E-state index in [2.05, 4.69) is 267 Å². The molecule has 0 saturated carbocycles. The van der Waals surface area contributed by atoms with Crippen molar-refractivity contribution >= 4 is 142 Å². The smallest absolute Gasteiger partial charge is 0.146 e. The van der Waals surface area contributed by atoms with Crippen molar-refractivity contribution in [3.63, 3.8) is 0 Å². The molecule has 0 unspecified atom stereocenters. The number of hydrogen-bond donors (Lipinski definition) is 0. The van der Waals surface area contributed by atoms with Gasteiger partial charge in [-0.2, -0.15) is 0 Å². The number of para-hydroxylation sites is 6. The average Bonchev–Trinajstić information content (AvgIpc) is 3.85. The van der Waals surface area contributed by atoms with Crippen LogP contribution in [0, 0.1) is 0 Å². The Morgan fingerprint density at radius 1 is 0.256 bits per heavy atom. The zero-order chi connectivity index (χ0) is 50.5. The highest BCUT2D eigenvalue weighted by molar-refractivity contribution is 6.34. The fourth-order valence-corrected chi connectivity index (χ4v) is 14.4. The molecule has 358 valence electrons. The molecule has 0 aliphatic carbocycles.